The number of unbranched alkanes of at least 4 members (excludes halogenated alkanes) is 1. The molecule has 1 fully saturated rings. The van der Waals surface area contributed by atoms with Crippen molar-refractivity contribution in [3.63, 3.8) is 0 Å². The molecule has 1 aliphatic rings. The van der Waals surface area contributed by atoms with Gasteiger partial charge in [-0.3, -0.25) is 9.88 Å². The third-order valence-corrected chi connectivity index (χ3v) is 4.55. The van der Waals surface area contributed by atoms with Crippen LogP contribution in [0.1, 0.15) is 24.1 Å². The number of aromatic nitrogens is 3. The van der Waals surface area contributed by atoms with Crippen molar-refractivity contribution < 1.29 is 0 Å². The van der Waals surface area contributed by atoms with E-state index in [1.165, 1.54) is 43.7 Å². The van der Waals surface area contributed by atoms with Crippen LogP contribution in [0.2, 0.25) is 0 Å². The molecule has 0 saturated carbocycles. The Morgan fingerprint density at radius 2 is 1.92 bits per heavy atom. The van der Waals surface area contributed by atoms with E-state index in [1.807, 2.05) is 24.7 Å². The normalized spacial score (nSPS) is 16.8. The van der Waals surface area contributed by atoms with Crippen molar-refractivity contribution in [3.05, 3.63) is 54.4 Å². The van der Waals surface area contributed by atoms with Crippen LogP contribution in [0.5, 0.6) is 0 Å². The third-order valence-electron chi connectivity index (χ3n) is 4.55. The molecule has 3 rings (SSSR count). The standard InChI is InChI=1S/C19H27N5/c1(7-19-16-21-17-22-19)2-9-23-11-13-24(14-12-23)10-4-6-18-5-3-8-20-15-18/h3-6,8,15-17H,1-2,7,9-14H2,(H,21,22)/b6-4+. The van der Waals surface area contributed by atoms with Crippen LogP contribution in [-0.2, 0) is 6.42 Å². The van der Waals surface area contributed by atoms with Gasteiger partial charge >= 0.3 is 0 Å². The SMILES string of the molecule is C(=C\c1cccnc1)/CN1CCN(CCCCc2cnc[nH]2)CC1. The number of pyridine rings is 1. The zero-order valence-electron chi connectivity index (χ0n) is 14.3. The quantitative estimate of drug-likeness (QED) is 0.758. The minimum absolute atomic E-state index is 1.03. The van der Waals surface area contributed by atoms with E-state index >= 15 is 0 Å². The highest BCUT2D eigenvalue weighted by Gasteiger charge is 2.15. The van der Waals surface area contributed by atoms with Crippen molar-refractivity contribution in [2.75, 3.05) is 39.3 Å². The minimum Gasteiger partial charge on any atom is -0.348 e. The molecule has 0 aliphatic carbocycles. The summed E-state index contributed by atoms with van der Waals surface area (Å²) in [5, 5.41) is 0. The molecule has 0 radical (unpaired) electrons. The summed E-state index contributed by atoms with van der Waals surface area (Å²) in [5.74, 6) is 0. The number of hydrogen-bond acceptors (Lipinski definition) is 4. The third kappa shape index (κ3) is 5.58. The number of imidazole rings is 1. The van der Waals surface area contributed by atoms with Gasteiger partial charge < -0.3 is 9.88 Å². The summed E-state index contributed by atoms with van der Waals surface area (Å²) in [6.07, 6.45) is 15.4. The van der Waals surface area contributed by atoms with Crippen LogP contribution in [-0.4, -0.2) is 64.0 Å². The fraction of sp³-hybridized carbons (Fsp3) is 0.474. The van der Waals surface area contributed by atoms with Crippen molar-refractivity contribution in [2.24, 2.45) is 0 Å². The molecule has 1 saturated heterocycles. The zero-order chi connectivity index (χ0) is 16.5. The van der Waals surface area contributed by atoms with E-state index in [4.69, 9.17) is 0 Å². The lowest BCUT2D eigenvalue weighted by molar-refractivity contribution is 0.141. The van der Waals surface area contributed by atoms with E-state index in [0.717, 1.165) is 26.1 Å². The van der Waals surface area contributed by atoms with Gasteiger partial charge in [-0.2, -0.15) is 0 Å². The molecule has 2 aromatic rings. The Labute approximate surface area is 144 Å². The van der Waals surface area contributed by atoms with Crippen molar-refractivity contribution in [1.29, 1.82) is 0 Å². The van der Waals surface area contributed by atoms with Gasteiger partial charge in [-0.25, -0.2) is 4.98 Å². The molecule has 24 heavy (non-hydrogen) atoms. The highest BCUT2D eigenvalue weighted by atomic mass is 15.3. The number of aromatic amines is 1. The number of aryl methyl sites for hydroxylation is 1. The Bertz CT molecular complexity index is 585. The number of H-pyrrole nitrogens is 1. The van der Waals surface area contributed by atoms with E-state index in [9.17, 15) is 0 Å². The number of hydrogen-bond donors (Lipinski definition) is 1. The number of nitrogens with zero attached hydrogens (tertiary/aromatic N) is 4. The van der Waals surface area contributed by atoms with Gasteiger partial charge in [-0.15, -0.1) is 0 Å². The maximum atomic E-state index is 4.13. The number of nitrogens with one attached hydrogen (secondary N) is 1. The molecule has 2 aromatic heterocycles. The van der Waals surface area contributed by atoms with Gasteiger partial charge in [0, 0.05) is 57.0 Å². The first-order valence-electron chi connectivity index (χ1n) is 8.89. The molecular weight excluding hydrogens is 298 g/mol. The van der Waals surface area contributed by atoms with Crippen LogP contribution in [0.4, 0.5) is 0 Å². The van der Waals surface area contributed by atoms with Crippen LogP contribution in [0.25, 0.3) is 6.08 Å². The number of piperazine rings is 1. The predicted octanol–water partition coefficient (Wildman–Crippen LogP) is 2.46. The first-order valence-corrected chi connectivity index (χ1v) is 8.89. The largest absolute Gasteiger partial charge is 0.348 e. The second kappa shape index (κ2) is 9.35. The van der Waals surface area contributed by atoms with E-state index < -0.39 is 0 Å². The highest BCUT2D eigenvalue weighted by molar-refractivity contribution is 5.47. The summed E-state index contributed by atoms with van der Waals surface area (Å²) >= 11 is 0. The smallest absolute Gasteiger partial charge is 0.0921 e. The molecule has 0 aromatic carbocycles. The lowest BCUT2D eigenvalue weighted by Gasteiger charge is -2.34. The van der Waals surface area contributed by atoms with Gasteiger partial charge in [0.05, 0.1) is 6.33 Å². The molecule has 0 spiro atoms. The Hall–Kier alpha value is -1.98. The maximum absolute atomic E-state index is 4.13. The summed E-state index contributed by atoms with van der Waals surface area (Å²) in [6.45, 7) is 6.95. The molecule has 0 unspecified atom stereocenters. The summed E-state index contributed by atoms with van der Waals surface area (Å²) < 4.78 is 0. The fourth-order valence-corrected chi connectivity index (χ4v) is 3.08. The maximum Gasteiger partial charge on any atom is 0.0921 e. The molecule has 1 N–H and O–H groups in total. The van der Waals surface area contributed by atoms with Crippen LogP contribution < -0.4 is 0 Å². The topological polar surface area (TPSA) is 48.1 Å². The Morgan fingerprint density at radius 1 is 1.04 bits per heavy atom. The molecule has 0 bridgehead atoms. The molecule has 5 heteroatoms. The van der Waals surface area contributed by atoms with E-state index in [1.54, 1.807) is 6.33 Å². The monoisotopic (exact) mass is 325 g/mol. The molecule has 5 nitrogen and oxygen atoms in total. The fourth-order valence-electron chi connectivity index (χ4n) is 3.08. The minimum atomic E-state index is 1.03. The highest BCUT2D eigenvalue weighted by Crippen LogP contribution is 2.06. The molecule has 0 atom stereocenters. The van der Waals surface area contributed by atoms with Gasteiger partial charge in [0.1, 0.15) is 0 Å². The zero-order valence-corrected chi connectivity index (χ0v) is 14.3. The van der Waals surface area contributed by atoms with Gasteiger partial charge in [0.25, 0.3) is 0 Å². The lowest BCUT2D eigenvalue weighted by atomic mass is 10.2. The summed E-state index contributed by atoms with van der Waals surface area (Å²) in [5.41, 5.74) is 2.42. The lowest BCUT2D eigenvalue weighted by Crippen LogP contribution is -2.46. The molecule has 3 heterocycles. The van der Waals surface area contributed by atoms with Crippen LogP contribution in [0.15, 0.2) is 43.1 Å². The molecule has 128 valence electrons. The van der Waals surface area contributed by atoms with Gasteiger partial charge in [-0.1, -0.05) is 18.2 Å². The first-order chi connectivity index (χ1) is 11.9. The predicted molar refractivity (Wildman–Crippen MR) is 97.7 cm³/mol. The average Bonchev–Trinajstić information content (AvgIpc) is 3.14. The number of rotatable bonds is 8. The van der Waals surface area contributed by atoms with Crippen molar-refractivity contribution in [1.82, 2.24) is 24.8 Å². The van der Waals surface area contributed by atoms with Crippen LogP contribution in [0.3, 0.4) is 0 Å². The summed E-state index contributed by atoms with van der Waals surface area (Å²) in [6, 6.07) is 4.06. The van der Waals surface area contributed by atoms with Crippen molar-refractivity contribution in [3.8, 4) is 0 Å². The Balaban J connectivity index is 1.27. The molecule has 0 amide bonds. The molecule has 1 aliphatic heterocycles. The van der Waals surface area contributed by atoms with Crippen LogP contribution >= 0.6 is 0 Å². The second-order valence-corrected chi connectivity index (χ2v) is 6.36. The average molecular weight is 325 g/mol. The molecular formula is C19H27N5. The summed E-state index contributed by atoms with van der Waals surface area (Å²) in [7, 11) is 0. The first kappa shape index (κ1) is 16.9. The van der Waals surface area contributed by atoms with E-state index in [2.05, 4.69) is 43.0 Å². The van der Waals surface area contributed by atoms with Gasteiger partial charge in [0.15, 0.2) is 0 Å². The van der Waals surface area contributed by atoms with E-state index in [0.29, 0.717) is 0 Å². The van der Waals surface area contributed by atoms with Crippen LogP contribution in [0, 0.1) is 0 Å². The van der Waals surface area contributed by atoms with E-state index in [-0.39, 0.29) is 0 Å². The van der Waals surface area contributed by atoms with Gasteiger partial charge in [-0.05, 0) is 37.4 Å². The Morgan fingerprint density at radius 3 is 2.67 bits per heavy atom. The van der Waals surface area contributed by atoms with Gasteiger partial charge in [0.2, 0.25) is 0 Å². The Kier molecular flexibility index (Phi) is 6.57. The second-order valence-electron chi connectivity index (χ2n) is 6.36. The summed E-state index contributed by atoms with van der Waals surface area (Å²) in [4.78, 5) is 16.5. The van der Waals surface area contributed by atoms with Crippen molar-refractivity contribution >= 4 is 6.08 Å². The van der Waals surface area contributed by atoms with Crippen molar-refractivity contribution in [2.45, 2.75) is 19.3 Å².